The number of carbonyl (C=O) groups excluding carboxylic acids is 2. The van der Waals surface area contributed by atoms with Gasteiger partial charge in [0.25, 0.3) is 0 Å². The fraction of sp³-hybridized carbons (Fsp3) is 0.526. The Labute approximate surface area is 156 Å². The van der Waals surface area contributed by atoms with Gasteiger partial charge in [0.2, 0.25) is 11.8 Å². The molecule has 1 saturated heterocycles. The van der Waals surface area contributed by atoms with Crippen molar-refractivity contribution in [2.75, 3.05) is 24.7 Å². The summed E-state index contributed by atoms with van der Waals surface area (Å²) in [5.74, 6) is -0.678. The smallest absolute Gasteiger partial charge is 0.306 e. The van der Waals surface area contributed by atoms with Crippen molar-refractivity contribution in [1.29, 1.82) is 0 Å². The molecule has 1 aromatic rings. The van der Waals surface area contributed by atoms with Gasteiger partial charge in [0.1, 0.15) is 13.2 Å². The van der Waals surface area contributed by atoms with Gasteiger partial charge in [-0.25, -0.2) is 0 Å². The summed E-state index contributed by atoms with van der Waals surface area (Å²) in [6.07, 6.45) is 1.84. The van der Waals surface area contributed by atoms with Crippen molar-refractivity contribution in [2.24, 2.45) is 11.8 Å². The molecule has 27 heavy (non-hydrogen) atoms. The first kappa shape index (κ1) is 17.6. The van der Waals surface area contributed by atoms with Gasteiger partial charge in [0.05, 0.1) is 11.8 Å². The van der Waals surface area contributed by atoms with E-state index in [1.807, 2.05) is 0 Å². The average molecular weight is 374 g/mol. The van der Waals surface area contributed by atoms with Gasteiger partial charge < -0.3 is 24.8 Å². The summed E-state index contributed by atoms with van der Waals surface area (Å²) in [5.41, 5.74) is 0.686. The second kappa shape index (κ2) is 7.09. The van der Waals surface area contributed by atoms with E-state index >= 15 is 0 Å². The van der Waals surface area contributed by atoms with Gasteiger partial charge in [0, 0.05) is 30.8 Å². The predicted molar refractivity (Wildman–Crippen MR) is 94.8 cm³/mol. The van der Waals surface area contributed by atoms with E-state index in [0.717, 1.165) is 0 Å². The minimum atomic E-state index is -0.812. The van der Waals surface area contributed by atoms with Crippen molar-refractivity contribution in [3.8, 4) is 11.5 Å². The maximum Gasteiger partial charge on any atom is 0.306 e. The zero-order valence-electron chi connectivity index (χ0n) is 14.8. The van der Waals surface area contributed by atoms with E-state index in [-0.39, 0.29) is 24.3 Å². The Bertz CT molecular complexity index is 779. The third kappa shape index (κ3) is 3.56. The normalized spacial score (nSPS) is 26.9. The predicted octanol–water partition coefficient (Wildman–Crippen LogP) is 1.18. The number of benzene rings is 1. The molecule has 3 aliphatic rings. The van der Waals surface area contributed by atoms with E-state index in [4.69, 9.17) is 14.6 Å². The van der Waals surface area contributed by atoms with E-state index < -0.39 is 17.8 Å². The molecular weight excluding hydrogens is 352 g/mol. The molecule has 3 atom stereocenters. The summed E-state index contributed by atoms with van der Waals surface area (Å²) in [4.78, 5) is 37.6. The first-order valence-electron chi connectivity index (χ1n) is 9.24. The Kier molecular flexibility index (Phi) is 4.63. The fourth-order valence-electron chi connectivity index (χ4n) is 3.99. The van der Waals surface area contributed by atoms with Gasteiger partial charge >= 0.3 is 5.97 Å². The van der Waals surface area contributed by atoms with E-state index in [9.17, 15) is 14.4 Å². The largest absolute Gasteiger partial charge is 0.486 e. The van der Waals surface area contributed by atoms with Crippen molar-refractivity contribution in [1.82, 2.24) is 5.32 Å². The molecule has 0 bridgehead atoms. The molecule has 2 heterocycles. The van der Waals surface area contributed by atoms with Crippen LogP contribution in [-0.2, 0) is 14.4 Å². The van der Waals surface area contributed by atoms with Crippen LogP contribution >= 0.6 is 0 Å². The second-order valence-electron chi connectivity index (χ2n) is 7.29. The highest BCUT2D eigenvalue weighted by molar-refractivity contribution is 6.00. The summed E-state index contributed by atoms with van der Waals surface area (Å²) < 4.78 is 11.1. The van der Waals surface area contributed by atoms with Crippen LogP contribution < -0.4 is 19.7 Å². The highest BCUT2D eigenvalue weighted by Gasteiger charge is 2.38. The molecule has 8 nitrogen and oxygen atoms in total. The number of ether oxygens (including phenoxy) is 2. The van der Waals surface area contributed by atoms with Crippen LogP contribution in [0, 0.1) is 11.8 Å². The lowest BCUT2D eigenvalue weighted by Crippen LogP contribution is -2.39. The molecule has 4 rings (SSSR count). The first-order chi connectivity index (χ1) is 13.0. The lowest BCUT2D eigenvalue weighted by molar-refractivity contribution is -0.141. The van der Waals surface area contributed by atoms with Crippen LogP contribution in [0.3, 0.4) is 0 Å². The van der Waals surface area contributed by atoms with Crippen molar-refractivity contribution in [3.63, 3.8) is 0 Å². The molecule has 1 saturated carbocycles. The number of carboxylic acids is 1. The van der Waals surface area contributed by atoms with Gasteiger partial charge in [-0.15, -0.1) is 0 Å². The maximum absolute atomic E-state index is 12.6. The summed E-state index contributed by atoms with van der Waals surface area (Å²) in [7, 11) is 0. The molecule has 2 aliphatic heterocycles. The van der Waals surface area contributed by atoms with E-state index in [0.29, 0.717) is 56.2 Å². The van der Waals surface area contributed by atoms with Gasteiger partial charge in [-0.05, 0) is 31.4 Å². The molecule has 0 aromatic heterocycles. The number of nitrogens with zero attached hydrogens (tertiary/aromatic N) is 1. The summed E-state index contributed by atoms with van der Waals surface area (Å²) >= 11 is 0. The van der Waals surface area contributed by atoms with Crippen LogP contribution in [0.15, 0.2) is 18.2 Å². The number of hydrogen-bond donors (Lipinski definition) is 2. The molecular formula is C19H22N2O6. The second-order valence-corrected chi connectivity index (χ2v) is 7.29. The Balaban J connectivity index is 1.39. The molecule has 1 aliphatic carbocycles. The van der Waals surface area contributed by atoms with Crippen molar-refractivity contribution >= 4 is 23.5 Å². The first-order valence-corrected chi connectivity index (χ1v) is 9.24. The van der Waals surface area contributed by atoms with Crippen molar-refractivity contribution in [3.05, 3.63) is 18.2 Å². The topological polar surface area (TPSA) is 105 Å². The van der Waals surface area contributed by atoms with Crippen LogP contribution in [0.5, 0.6) is 11.5 Å². The van der Waals surface area contributed by atoms with Crippen LogP contribution in [0.2, 0.25) is 0 Å². The molecule has 2 fully saturated rings. The van der Waals surface area contributed by atoms with Crippen LogP contribution in [0.25, 0.3) is 0 Å². The maximum atomic E-state index is 12.6. The third-order valence-electron chi connectivity index (χ3n) is 5.46. The highest BCUT2D eigenvalue weighted by atomic mass is 16.6. The monoisotopic (exact) mass is 374 g/mol. The number of fused-ring (bicyclic) bond motifs is 1. The number of carboxylic acid groups (broad SMARTS) is 1. The number of aliphatic carboxylic acids is 1. The van der Waals surface area contributed by atoms with Crippen LogP contribution in [0.4, 0.5) is 5.69 Å². The summed E-state index contributed by atoms with van der Waals surface area (Å²) in [5, 5.41) is 12.0. The zero-order chi connectivity index (χ0) is 19.0. The average Bonchev–Trinajstić information content (AvgIpc) is 3.28. The summed E-state index contributed by atoms with van der Waals surface area (Å²) in [6, 6.07) is 5.20. The van der Waals surface area contributed by atoms with E-state index in [2.05, 4.69) is 5.32 Å². The van der Waals surface area contributed by atoms with Gasteiger partial charge in [-0.3, -0.25) is 14.4 Å². The quantitative estimate of drug-likeness (QED) is 0.820. The van der Waals surface area contributed by atoms with Crippen molar-refractivity contribution < 1.29 is 29.0 Å². The van der Waals surface area contributed by atoms with Crippen LogP contribution in [-0.4, -0.2) is 48.7 Å². The van der Waals surface area contributed by atoms with Crippen LogP contribution in [0.1, 0.15) is 25.7 Å². The number of carbonyl (C=O) groups is 3. The molecule has 8 heteroatoms. The Hall–Kier alpha value is -2.77. The minimum Gasteiger partial charge on any atom is -0.486 e. The molecule has 1 unspecified atom stereocenters. The molecule has 144 valence electrons. The number of hydrogen-bond acceptors (Lipinski definition) is 5. The lowest BCUT2D eigenvalue weighted by Gasteiger charge is -2.22. The lowest BCUT2D eigenvalue weighted by atomic mass is 10.1. The number of rotatable bonds is 4. The standard InChI is InChI=1S/C19H22N2O6/c22-17-8-12(18(23)20-13-2-1-11(7-13)19(24)25)10-21(17)14-3-4-15-16(9-14)27-6-5-26-15/h3-4,9,11-13H,1-2,5-8,10H2,(H,20,23)(H,24,25)/t11-,12?,13+/m1/s1. The van der Waals surface area contributed by atoms with E-state index in [1.54, 1.807) is 23.1 Å². The van der Waals surface area contributed by atoms with Gasteiger partial charge in [-0.2, -0.15) is 0 Å². The number of anilines is 1. The number of nitrogens with one attached hydrogen (secondary N) is 1. The molecule has 1 aromatic carbocycles. The third-order valence-corrected chi connectivity index (χ3v) is 5.46. The van der Waals surface area contributed by atoms with Gasteiger partial charge in [-0.1, -0.05) is 0 Å². The Morgan fingerprint density at radius 1 is 1.11 bits per heavy atom. The summed E-state index contributed by atoms with van der Waals surface area (Å²) in [6.45, 7) is 1.27. The Morgan fingerprint density at radius 2 is 1.89 bits per heavy atom. The molecule has 0 radical (unpaired) electrons. The van der Waals surface area contributed by atoms with Crippen molar-refractivity contribution in [2.45, 2.75) is 31.7 Å². The molecule has 2 amide bonds. The zero-order valence-corrected chi connectivity index (χ0v) is 14.8. The van der Waals surface area contributed by atoms with Gasteiger partial charge in [0.15, 0.2) is 11.5 Å². The number of amides is 2. The van der Waals surface area contributed by atoms with E-state index in [1.165, 1.54) is 0 Å². The highest BCUT2D eigenvalue weighted by Crippen LogP contribution is 2.36. The molecule has 0 spiro atoms. The fourth-order valence-corrected chi connectivity index (χ4v) is 3.99. The molecule has 2 N–H and O–H groups in total. The SMILES string of the molecule is O=C(N[C@H]1CC[C@@H](C(=O)O)C1)C1CC(=O)N(c2ccc3c(c2)OCCO3)C1. The minimum absolute atomic E-state index is 0.110. The Morgan fingerprint density at radius 3 is 2.63 bits per heavy atom.